The van der Waals surface area contributed by atoms with Crippen LogP contribution in [0.1, 0.15) is 60.6 Å². The molecule has 0 bridgehead atoms. The molecule has 0 amide bonds. The molecule has 0 spiro atoms. The zero-order valence-corrected chi connectivity index (χ0v) is 29.1. The molecule has 15 nitrogen and oxygen atoms in total. The molecule has 1 unspecified atom stereocenters. The molecule has 0 radical (unpaired) electrons. The van der Waals surface area contributed by atoms with Crippen molar-refractivity contribution in [2.24, 2.45) is 11.8 Å². The molecule has 1 aliphatic rings. The first-order valence-corrected chi connectivity index (χ1v) is 17.3. The number of rotatable bonds is 15. The molecule has 3 heterocycles. The van der Waals surface area contributed by atoms with E-state index in [1.807, 2.05) is 6.92 Å². The topological polar surface area (TPSA) is 192 Å². The second kappa shape index (κ2) is 15.0. The summed E-state index contributed by atoms with van der Waals surface area (Å²) in [5.74, 6) is -2.68. The third-order valence-electron chi connectivity index (χ3n) is 7.61. The number of nitrogens with two attached hydrogens (primary N) is 1. The molecule has 1 saturated heterocycles. The number of esters is 3. The van der Waals surface area contributed by atoms with Crippen LogP contribution >= 0.6 is 7.75 Å². The van der Waals surface area contributed by atoms with Crippen LogP contribution in [-0.4, -0.2) is 70.1 Å². The minimum Gasteiger partial charge on any atom is -0.465 e. The minimum atomic E-state index is -4.37. The summed E-state index contributed by atoms with van der Waals surface area (Å²) < 4.78 is 51.4. The lowest BCUT2D eigenvalue weighted by Gasteiger charge is -2.38. The molecule has 1 aliphatic heterocycles. The van der Waals surface area contributed by atoms with Crippen molar-refractivity contribution < 1.29 is 46.9 Å². The number of fused-ring (bicyclic) bond motifs is 1. The van der Waals surface area contributed by atoms with Gasteiger partial charge in [0.15, 0.2) is 11.9 Å². The Morgan fingerprint density at radius 3 is 2.40 bits per heavy atom. The molecule has 2 aromatic heterocycles. The predicted molar refractivity (Wildman–Crippen MR) is 174 cm³/mol. The number of benzene rings is 1. The van der Waals surface area contributed by atoms with Gasteiger partial charge in [0.2, 0.25) is 5.60 Å². The number of hydrogen-bond acceptors (Lipinski definition) is 13. The van der Waals surface area contributed by atoms with E-state index in [-0.39, 0.29) is 24.8 Å². The molecule has 3 aromatic rings. The Bertz CT molecular complexity index is 1650. The Morgan fingerprint density at radius 2 is 1.75 bits per heavy atom. The number of aromatic nitrogens is 3. The van der Waals surface area contributed by atoms with E-state index in [4.69, 9.17) is 33.7 Å². The van der Waals surface area contributed by atoms with Gasteiger partial charge in [0.25, 0.3) is 0 Å². The van der Waals surface area contributed by atoms with Crippen LogP contribution in [0, 0.1) is 11.8 Å². The highest BCUT2D eigenvalue weighted by atomic mass is 31.2. The molecule has 5 atom stereocenters. The lowest BCUT2D eigenvalue weighted by atomic mass is 9.85. The van der Waals surface area contributed by atoms with Crippen LogP contribution in [0.4, 0.5) is 5.82 Å². The second-order valence-corrected chi connectivity index (χ2v) is 14.1. The van der Waals surface area contributed by atoms with Crippen molar-refractivity contribution in [3.8, 4) is 5.75 Å². The molecule has 4 rings (SSSR count). The third kappa shape index (κ3) is 7.97. The van der Waals surface area contributed by atoms with Gasteiger partial charge in [0.05, 0.1) is 37.4 Å². The Labute approximate surface area is 279 Å². The molecule has 0 saturated carbocycles. The van der Waals surface area contributed by atoms with Crippen LogP contribution in [0.2, 0.25) is 0 Å². The molecule has 16 heteroatoms. The van der Waals surface area contributed by atoms with Gasteiger partial charge in [-0.15, -0.1) is 0 Å². The number of nitrogens with one attached hydrogen (secondary N) is 1. The summed E-state index contributed by atoms with van der Waals surface area (Å²) in [5, 5.41) is 6.98. The zero-order chi connectivity index (χ0) is 35.3. The van der Waals surface area contributed by atoms with E-state index in [9.17, 15) is 18.9 Å². The van der Waals surface area contributed by atoms with Gasteiger partial charge in [-0.05, 0) is 44.5 Å². The van der Waals surface area contributed by atoms with Gasteiger partial charge in [0, 0.05) is 0 Å². The quantitative estimate of drug-likeness (QED) is 0.131. The standard InChI is InChI=1S/C32H44N5O10P/c1-8-16-42-29(40)22(6)36-48(41,47-23-12-10-9-11-13-23)44-17-31(7)30(45-27(38)20(2)3)32(18-43-31,46-28(39)21(4)5)25-15-14-24-26(33)34-19-35-37(24)25/h9-15,19-22,30H,8,16-18H2,1-7H3,(H,36,41)(H2,33,34,35)/t22-,30+,31+,32+,48?/m0/s1. The normalized spacial score (nSPS) is 22.7. The highest BCUT2D eigenvalue weighted by Gasteiger charge is 2.64. The maximum absolute atomic E-state index is 14.3. The van der Waals surface area contributed by atoms with Crippen molar-refractivity contribution in [1.82, 2.24) is 19.7 Å². The highest BCUT2D eigenvalue weighted by molar-refractivity contribution is 7.52. The molecule has 3 N–H and O–H groups in total. The molecule has 1 aromatic carbocycles. The van der Waals surface area contributed by atoms with Crippen LogP contribution in [0.5, 0.6) is 5.75 Å². The van der Waals surface area contributed by atoms with Gasteiger partial charge in [0.1, 0.15) is 29.2 Å². The number of hydrogen-bond donors (Lipinski definition) is 2. The number of ether oxygens (including phenoxy) is 4. The first-order valence-electron chi connectivity index (χ1n) is 15.7. The number of nitrogens with zero attached hydrogens (tertiary/aromatic N) is 3. The fourth-order valence-electron chi connectivity index (χ4n) is 4.96. The molecule has 48 heavy (non-hydrogen) atoms. The summed E-state index contributed by atoms with van der Waals surface area (Å²) in [6.07, 6.45) is 0.471. The number of carbonyl (C=O) groups excluding carboxylic acids is 3. The summed E-state index contributed by atoms with van der Waals surface area (Å²) in [7, 11) is -4.37. The molecule has 262 valence electrons. The van der Waals surface area contributed by atoms with Crippen LogP contribution in [0.15, 0.2) is 48.8 Å². The van der Waals surface area contributed by atoms with Crippen molar-refractivity contribution >= 4 is 37.0 Å². The van der Waals surface area contributed by atoms with Gasteiger partial charge in [-0.25, -0.2) is 14.1 Å². The van der Waals surface area contributed by atoms with Gasteiger partial charge < -0.3 is 29.2 Å². The Hall–Kier alpha value is -4.04. The lowest BCUT2D eigenvalue weighted by Crippen LogP contribution is -2.55. The van der Waals surface area contributed by atoms with Crippen molar-refractivity contribution in [1.29, 1.82) is 0 Å². The third-order valence-corrected chi connectivity index (χ3v) is 9.24. The van der Waals surface area contributed by atoms with Gasteiger partial charge in [-0.2, -0.15) is 10.2 Å². The highest BCUT2D eigenvalue weighted by Crippen LogP contribution is 2.51. The molecule has 0 aliphatic carbocycles. The zero-order valence-electron chi connectivity index (χ0n) is 28.2. The van der Waals surface area contributed by atoms with E-state index in [0.29, 0.717) is 17.6 Å². The fraction of sp³-hybridized carbons (Fsp3) is 0.531. The Morgan fingerprint density at radius 1 is 1.06 bits per heavy atom. The van der Waals surface area contributed by atoms with E-state index in [0.717, 1.165) is 0 Å². The van der Waals surface area contributed by atoms with E-state index < -0.39 is 67.4 Å². The number of anilines is 1. The van der Waals surface area contributed by atoms with Crippen LogP contribution in [-0.2, 0) is 48.0 Å². The summed E-state index contributed by atoms with van der Waals surface area (Å²) in [4.78, 5) is 43.3. The van der Waals surface area contributed by atoms with Gasteiger partial charge >= 0.3 is 25.7 Å². The summed E-state index contributed by atoms with van der Waals surface area (Å²) in [5.41, 5.74) is 3.45. The van der Waals surface area contributed by atoms with E-state index in [1.54, 1.807) is 77.1 Å². The van der Waals surface area contributed by atoms with Crippen LogP contribution < -0.4 is 15.3 Å². The molecule has 1 fully saturated rings. The molecular weight excluding hydrogens is 645 g/mol. The van der Waals surface area contributed by atoms with Gasteiger partial charge in [-0.3, -0.25) is 18.9 Å². The predicted octanol–water partition coefficient (Wildman–Crippen LogP) is 4.20. The van der Waals surface area contributed by atoms with E-state index in [2.05, 4.69) is 15.2 Å². The van der Waals surface area contributed by atoms with Gasteiger partial charge in [-0.1, -0.05) is 52.8 Å². The summed E-state index contributed by atoms with van der Waals surface area (Å²) >= 11 is 0. The van der Waals surface area contributed by atoms with E-state index in [1.165, 1.54) is 17.8 Å². The molecular formula is C32H44N5O10P. The van der Waals surface area contributed by atoms with Crippen molar-refractivity contribution in [2.75, 3.05) is 25.6 Å². The van der Waals surface area contributed by atoms with Crippen molar-refractivity contribution in [3.63, 3.8) is 0 Å². The first kappa shape index (κ1) is 36.8. The number of nitrogen functional groups attached to an aromatic ring is 1. The van der Waals surface area contributed by atoms with Crippen LogP contribution in [0.25, 0.3) is 5.52 Å². The number of carbonyl (C=O) groups is 3. The van der Waals surface area contributed by atoms with Crippen LogP contribution in [0.3, 0.4) is 0 Å². The smallest absolute Gasteiger partial charge is 0.459 e. The summed E-state index contributed by atoms with van der Waals surface area (Å²) in [6.45, 7) is 10.9. The van der Waals surface area contributed by atoms with Crippen molar-refractivity contribution in [3.05, 3.63) is 54.5 Å². The lowest BCUT2D eigenvalue weighted by molar-refractivity contribution is -0.193. The monoisotopic (exact) mass is 689 g/mol. The largest absolute Gasteiger partial charge is 0.465 e. The van der Waals surface area contributed by atoms with Crippen molar-refractivity contribution in [2.45, 2.75) is 78.2 Å². The average molecular weight is 690 g/mol. The Balaban J connectivity index is 1.78. The average Bonchev–Trinajstić information content (AvgIpc) is 3.60. The van der Waals surface area contributed by atoms with E-state index >= 15 is 0 Å². The Kier molecular flexibility index (Phi) is 11.5. The first-order chi connectivity index (χ1) is 22.6. The fourth-order valence-corrected chi connectivity index (χ4v) is 6.55. The maximum Gasteiger partial charge on any atom is 0.459 e. The summed E-state index contributed by atoms with van der Waals surface area (Å²) in [6, 6.07) is 10.4. The number of para-hydroxylation sites is 1. The maximum atomic E-state index is 14.3. The second-order valence-electron chi connectivity index (χ2n) is 12.4. The minimum absolute atomic E-state index is 0.166. The SMILES string of the molecule is CCCOC(=O)[C@H](C)NP(=O)(OC[C@@]1(C)OC[C@@](OC(=O)C(C)C)(c2ccc3c(N)ncnn23)[C@@H]1OC(=O)C(C)C)Oc1ccccc1.